The van der Waals surface area contributed by atoms with Crippen molar-refractivity contribution in [3.05, 3.63) is 33.8 Å². The molecule has 1 amide bonds. The molecule has 0 aromatic heterocycles. The van der Waals surface area contributed by atoms with Crippen molar-refractivity contribution < 1.29 is 13.6 Å². The zero-order valence-corrected chi connectivity index (χ0v) is 12.1. The van der Waals surface area contributed by atoms with Gasteiger partial charge in [-0.15, -0.1) is 11.6 Å². The molecule has 100 valence electrons. The van der Waals surface area contributed by atoms with Crippen LogP contribution in [0.3, 0.4) is 0 Å². The highest BCUT2D eigenvalue weighted by Crippen LogP contribution is 2.19. The minimum Gasteiger partial charge on any atom is -0.352 e. The highest BCUT2D eigenvalue weighted by molar-refractivity contribution is 9.10. The smallest absolute Gasteiger partial charge is 0.257 e. The van der Waals surface area contributed by atoms with E-state index in [1.54, 1.807) is 0 Å². The molecule has 0 fully saturated rings. The number of carbonyl (C=O) groups excluding carboxylic acids is 1. The number of hydrogen-bond acceptors (Lipinski definition) is 1. The molecule has 1 aromatic rings. The molecule has 1 N–H and O–H groups in total. The summed E-state index contributed by atoms with van der Waals surface area (Å²) in [7, 11) is 0. The quantitative estimate of drug-likeness (QED) is 0.640. The molecule has 0 aliphatic carbocycles. The van der Waals surface area contributed by atoms with E-state index in [-0.39, 0.29) is 9.85 Å². The molecular formula is C12H13BrClF2NO. The Morgan fingerprint density at radius 1 is 1.44 bits per heavy atom. The van der Waals surface area contributed by atoms with Crippen LogP contribution in [0, 0.1) is 11.6 Å². The van der Waals surface area contributed by atoms with Crippen molar-refractivity contribution in [3.63, 3.8) is 0 Å². The van der Waals surface area contributed by atoms with Gasteiger partial charge in [0.1, 0.15) is 17.2 Å². The Morgan fingerprint density at radius 2 is 2.00 bits per heavy atom. The Balaban J connectivity index is 2.62. The molecule has 2 nitrogen and oxygen atoms in total. The van der Waals surface area contributed by atoms with E-state index in [9.17, 15) is 13.6 Å². The van der Waals surface area contributed by atoms with E-state index < -0.39 is 23.1 Å². The van der Waals surface area contributed by atoms with Crippen molar-refractivity contribution in [1.29, 1.82) is 0 Å². The number of hydrogen-bond donors (Lipinski definition) is 1. The van der Waals surface area contributed by atoms with Crippen LogP contribution in [-0.4, -0.2) is 17.8 Å². The fraction of sp³-hybridized carbons (Fsp3) is 0.417. The zero-order chi connectivity index (χ0) is 13.7. The second-order valence-corrected chi connectivity index (χ2v) is 5.58. The van der Waals surface area contributed by atoms with Crippen molar-refractivity contribution in [2.24, 2.45) is 0 Å². The first kappa shape index (κ1) is 15.4. The number of alkyl halides is 1. The molecule has 1 atom stereocenters. The highest BCUT2D eigenvalue weighted by Gasteiger charge is 2.17. The fourth-order valence-corrected chi connectivity index (χ4v) is 1.99. The van der Waals surface area contributed by atoms with Gasteiger partial charge in [-0.1, -0.05) is 15.9 Å². The molecule has 1 aromatic carbocycles. The number of benzene rings is 1. The van der Waals surface area contributed by atoms with E-state index in [0.717, 1.165) is 18.6 Å². The molecule has 0 aliphatic rings. The maximum atomic E-state index is 13.4. The molecule has 0 spiro atoms. The average Bonchev–Trinajstić information content (AvgIpc) is 2.22. The Bertz CT molecular complexity index is 417. The summed E-state index contributed by atoms with van der Waals surface area (Å²) in [6.07, 6.45) is 1.39. The van der Waals surface area contributed by atoms with Crippen LogP contribution in [-0.2, 0) is 0 Å². The number of carbonyl (C=O) groups is 1. The van der Waals surface area contributed by atoms with Gasteiger partial charge >= 0.3 is 0 Å². The molecule has 1 rings (SSSR count). The lowest BCUT2D eigenvalue weighted by atomic mass is 10.1. The Morgan fingerprint density at radius 3 is 2.50 bits per heavy atom. The Hall–Kier alpha value is -0.680. The summed E-state index contributed by atoms with van der Waals surface area (Å²) < 4.78 is 27.1. The van der Waals surface area contributed by atoms with Gasteiger partial charge in [0.15, 0.2) is 0 Å². The van der Waals surface area contributed by atoms with E-state index in [2.05, 4.69) is 21.2 Å². The van der Waals surface area contributed by atoms with Crippen LogP contribution in [0.4, 0.5) is 8.78 Å². The molecule has 0 bridgehead atoms. The van der Waals surface area contributed by atoms with Crippen LogP contribution in [0.5, 0.6) is 0 Å². The lowest BCUT2D eigenvalue weighted by Crippen LogP contribution is -2.26. The summed E-state index contributed by atoms with van der Waals surface area (Å²) >= 11 is 8.69. The van der Waals surface area contributed by atoms with Gasteiger partial charge in [0.05, 0.1) is 0 Å². The molecule has 0 saturated carbocycles. The summed E-state index contributed by atoms with van der Waals surface area (Å²) in [6, 6.07) is 2.11. The molecular weight excluding hydrogens is 327 g/mol. The second-order valence-electron chi connectivity index (χ2n) is 3.92. The minimum atomic E-state index is -0.884. The molecule has 18 heavy (non-hydrogen) atoms. The summed E-state index contributed by atoms with van der Waals surface area (Å²) in [6.45, 7) is 2.18. The van der Waals surface area contributed by atoms with Crippen LogP contribution < -0.4 is 5.32 Å². The molecule has 0 aliphatic heterocycles. The molecule has 0 radical (unpaired) electrons. The largest absolute Gasteiger partial charge is 0.352 e. The topological polar surface area (TPSA) is 29.1 Å². The third-order valence-electron chi connectivity index (χ3n) is 2.30. The van der Waals surface area contributed by atoms with Gasteiger partial charge in [0.25, 0.3) is 5.91 Å². The van der Waals surface area contributed by atoms with E-state index in [4.69, 9.17) is 11.6 Å². The highest BCUT2D eigenvalue weighted by atomic mass is 79.9. The van der Waals surface area contributed by atoms with Crippen LogP contribution >= 0.6 is 27.5 Å². The maximum Gasteiger partial charge on any atom is 0.257 e. The van der Waals surface area contributed by atoms with Gasteiger partial charge in [-0.2, -0.15) is 0 Å². The van der Waals surface area contributed by atoms with E-state index in [1.807, 2.05) is 6.92 Å². The first-order chi connectivity index (χ1) is 8.41. The van der Waals surface area contributed by atoms with Gasteiger partial charge in [-0.3, -0.25) is 4.79 Å². The first-order valence-corrected chi connectivity index (χ1v) is 6.71. The third-order valence-corrected chi connectivity index (χ3v) is 2.97. The van der Waals surface area contributed by atoms with Crippen molar-refractivity contribution in [2.45, 2.75) is 25.1 Å². The van der Waals surface area contributed by atoms with Crippen LogP contribution in [0.15, 0.2) is 16.6 Å². The van der Waals surface area contributed by atoms with Crippen LogP contribution in [0.1, 0.15) is 30.1 Å². The average molecular weight is 341 g/mol. The SMILES string of the molecule is CC(Cl)CCCNC(=O)c1c(F)cc(Br)cc1F. The summed E-state index contributed by atoms with van der Waals surface area (Å²) in [5.74, 6) is -2.52. The van der Waals surface area contributed by atoms with Crippen LogP contribution in [0.25, 0.3) is 0 Å². The molecule has 6 heteroatoms. The van der Waals surface area contributed by atoms with Crippen molar-refractivity contribution in [3.8, 4) is 0 Å². The standard InChI is InChI=1S/C12H13BrClF2NO/c1-7(14)3-2-4-17-12(18)11-9(15)5-8(13)6-10(11)16/h5-7H,2-4H2,1H3,(H,17,18). The zero-order valence-electron chi connectivity index (χ0n) is 9.77. The lowest BCUT2D eigenvalue weighted by molar-refractivity contribution is 0.0944. The monoisotopic (exact) mass is 339 g/mol. The summed E-state index contributed by atoms with van der Waals surface area (Å²) in [4.78, 5) is 11.6. The normalized spacial score (nSPS) is 12.3. The van der Waals surface area contributed by atoms with Crippen molar-refractivity contribution >= 4 is 33.4 Å². The molecule has 1 unspecified atom stereocenters. The van der Waals surface area contributed by atoms with E-state index in [0.29, 0.717) is 13.0 Å². The van der Waals surface area contributed by atoms with Crippen molar-refractivity contribution in [2.75, 3.05) is 6.54 Å². The number of halogens is 4. The summed E-state index contributed by atoms with van der Waals surface area (Å²) in [5.41, 5.74) is -0.558. The predicted octanol–water partition coefficient (Wildman–Crippen LogP) is 3.86. The number of nitrogens with one attached hydrogen (secondary N) is 1. The number of rotatable bonds is 5. The third kappa shape index (κ3) is 4.53. The van der Waals surface area contributed by atoms with E-state index in [1.165, 1.54) is 0 Å². The van der Waals surface area contributed by atoms with Gasteiger partial charge in [0, 0.05) is 16.4 Å². The number of amides is 1. The first-order valence-electron chi connectivity index (χ1n) is 5.48. The Labute approximate surface area is 118 Å². The van der Waals surface area contributed by atoms with Gasteiger partial charge in [-0.05, 0) is 31.9 Å². The molecule has 0 saturated heterocycles. The molecule has 0 heterocycles. The maximum absolute atomic E-state index is 13.4. The minimum absolute atomic E-state index is 0.0167. The van der Waals surface area contributed by atoms with Gasteiger partial charge in [0.2, 0.25) is 0 Å². The second kappa shape index (κ2) is 7.04. The van der Waals surface area contributed by atoms with Gasteiger partial charge < -0.3 is 5.32 Å². The van der Waals surface area contributed by atoms with Crippen molar-refractivity contribution in [1.82, 2.24) is 5.32 Å². The van der Waals surface area contributed by atoms with E-state index >= 15 is 0 Å². The van der Waals surface area contributed by atoms with Crippen LogP contribution in [0.2, 0.25) is 0 Å². The van der Waals surface area contributed by atoms with Gasteiger partial charge in [-0.25, -0.2) is 8.78 Å². The summed E-state index contributed by atoms with van der Waals surface area (Å²) in [5, 5.41) is 2.48. The Kier molecular flexibility index (Phi) is 6.02. The fourth-order valence-electron chi connectivity index (χ4n) is 1.43. The lowest BCUT2D eigenvalue weighted by Gasteiger charge is -2.08. The predicted molar refractivity (Wildman–Crippen MR) is 70.9 cm³/mol.